The molecule has 1 aliphatic heterocycles. The van der Waals surface area contributed by atoms with Crippen molar-refractivity contribution in [1.29, 1.82) is 0 Å². The van der Waals surface area contributed by atoms with E-state index < -0.39 is 0 Å². The van der Waals surface area contributed by atoms with Crippen molar-refractivity contribution in [3.05, 3.63) is 34.6 Å². The summed E-state index contributed by atoms with van der Waals surface area (Å²) in [7, 11) is 0. The van der Waals surface area contributed by atoms with E-state index in [1.54, 1.807) is 12.1 Å². The first-order valence-electron chi connectivity index (χ1n) is 7.04. The second-order valence-electron chi connectivity index (χ2n) is 5.67. The Balaban J connectivity index is 0.00000161. The average Bonchev–Trinajstić information content (AvgIpc) is 3.18. The van der Waals surface area contributed by atoms with Gasteiger partial charge >= 0.3 is 0 Å². The maximum atomic E-state index is 13.9. The van der Waals surface area contributed by atoms with Crippen molar-refractivity contribution in [1.82, 2.24) is 10.2 Å². The number of benzene rings is 1. The monoisotopic (exact) mass is 332 g/mol. The van der Waals surface area contributed by atoms with Crippen LogP contribution in [-0.2, 0) is 4.79 Å². The summed E-state index contributed by atoms with van der Waals surface area (Å²) in [5, 5.41) is 3.69. The molecule has 21 heavy (non-hydrogen) atoms. The molecule has 3 nitrogen and oxygen atoms in total. The predicted octanol–water partition coefficient (Wildman–Crippen LogP) is 2.82. The summed E-state index contributed by atoms with van der Waals surface area (Å²) >= 11 is 6.07. The van der Waals surface area contributed by atoms with Crippen LogP contribution in [0.15, 0.2) is 18.2 Å². The Kier molecular flexibility index (Phi) is 5.12. The van der Waals surface area contributed by atoms with Crippen LogP contribution in [0, 0.1) is 11.7 Å². The highest BCUT2D eigenvalue weighted by Crippen LogP contribution is 2.51. The molecule has 1 aromatic rings. The van der Waals surface area contributed by atoms with Gasteiger partial charge in [0.15, 0.2) is 0 Å². The van der Waals surface area contributed by atoms with Crippen molar-refractivity contribution in [2.24, 2.45) is 5.92 Å². The van der Waals surface area contributed by atoms with Gasteiger partial charge in [-0.05, 0) is 25.5 Å². The first kappa shape index (κ1) is 16.5. The highest BCUT2D eigenvalue weighted by molar-refractivity contribution is 6.31. The molecule has 0 aromatic heterocycles. The van der Waals surface area contributed by atoms with Crippen LogP contribution in [0.2, 0.25) is 5.02 Å². The van der Waals surface area contributed by atoms with Crippen LogP contribution in [-0.4, -0.2) is 36.5 Å². The first-order valence-corrected chi connectivity index (χ1v) is 7.42. The zero-order valence-electron chi connectivity index (χ0n) is 11.8. The number of hydrogen-bond donors (Lipinski definition) is 1. The van der Waals surface area contributed by atoms with Crippen LogP contribution in [0.1, 0.15) is 24.8 Å². The normalized spacial score (nSPS) is 28.0. The van der Waals surface area contributed by atoms with Gasteiger partial charge in [-0.2, -0.15) is 0 Å². The SMILES string of the molecule is CC1CNCCN1C(=O)C1CC1c1c(F)cccc1Cl.Cl. The molecule has 2 fully saturated rings. The van der Waals surface area contributed by atoms with Gasteiger partial charge < -0.3 is 10.2 Å². The molecule has 1 aliphatic carbocycles. The fraction of sp³-hybridized carbons (Fsp3) is 0.533. The van der Waals surface area contributed by atoms with E-state index in [0.717, 1.165) is 19.6 Å². The topological polar surface area (TPSA) is 32.3 Å². The number of rotatable bonds is 2. The Bertz CT molecular complexity index is 520. The minimum atomic E-state index is -0.300. The molecule has 3 unspecified atom stereocenters. The minimum Gasteiger partial charge on any atom is -0.337 e. The fourth-order valence-corrected chi connectivity index (χ4v) is 3.34. The zero-order valence-corrected chi connectivity index (χ0v) is 13.4. The second kappa shape index (κ2) is 6.51. The molecule has 116 valence electrons. The number of amides is 1. The van der Waals surface area contributed by atoms with Gasteiger partial charge in [-0.1, -0.05) is 17.7 Å². The number of carbonyl (C=O) groups excluding carboxylic acids is 1. The van der Waals surface area contributed by atoms with Gasteiger partial charge in [0.1, 0.15) is 5.82 Å². The lowest BCUT2D eigenvalue weighted by molar-refractivity contribution is -0.135. The summed E-state index contributed by atoms with van der Waals surface area (Å²) in [6.07, 6.45) is 0.704. The van der Waals surface area contributed by atoms with E-state index in [4.69, 9.17) is 11.6 Å². The Morgan fingerprint density at radius 2 is 2.24 bits per heavy atom. The van der Waals surface area contributed by atoms with Gasteiger partial charge in [0.2, 0.25) is 5.91 Å². The van der Waals surface area contributed by atoms with E-state index in [0.29, 0.717) is 17.0 Å². The molecule has 3 rings (SSSR count). The van der Waals surface area contributed by atoms with Crippen molar-refractivity contribution in [2.75, 3.05) is 19.6 Å². The Hall–Kier alpha value is -0.840. The predicted molar refractivity (Wildman–Crippen MR) is 83.6 cm³/mol. The smallest absolute Gasteiger partial charge is 0.226 e. The second-order valence-corrected chi connectivity index (χ2v) is 6.08. The summed E-state index contributed by atoms with van der Waals surface area (Å²) in [6, 6.07) is 4.90. The van der Waals surface area contributed by atoms with Crippen LogP contribution in [0.5, 0.6) is 0 Å². The third-order valence-corrected chi connectivity index (χ3v) is 4.59. The molecule has 0 bridgehead atoms. The molecule has 1 saturated carbocycles. The summed E-state index contributed by atoms with van der Waals surface area (Å²) in [4.78, 5) is 14.4. The summed E-state index contributed by atoms with van der Waals surface area (Å²) in [6.45, 7) is 4.42. The minimum absolute atomic E-state index is 0. The molecule has 1 N–H and O–H groups in total. The van der Waals surface area contributed by atoms with E-state index in [1.165, 1.54) is 6.07 Å². The van der Waals surface area contributed by atoms with E-state index in [1.807, 2.05) is 11.8 Å². The number of carbonyl (C=O) groups is 1. The van der Waals surface area contributed by atoms with E-state index in [2.05, 4.69) is 5.32 Å². The van der Waals surface area contributed by atoms with Gasteiger partial charge in [0, 0.05) is 48.1 Å². The average molecular weight is 333 g/mol. The first-order chi connectivity index (χ1) is 9.59. The Morgan fingerprint density at radius 1 is 1.48 bits per heavy atom. The van der Waals surface area contributed by atoms with Gasteiger partial charge in [-0.25, -0.2) is 4.39 Å². The quantitative estimate of drug-likeness (QED) is 0.903. The molecule has 1 aromatic carbocycles. The molecule has 0 radical (unpaired) electrons. The van der Waals surface area contributed by atoms with Crippen LogP contribution in [0.25, 0.3) is 0 Å². The molecule has 1 heterocycles. The zero-order chi connectivity index (χ0) is 14.3. The third-order valence-electron chi connectivity index (χ3n) is 4.26. The van der Waals surface area contributed by atoms with Crippen molar-refractivity contribution < 1.29 is 9.18 Å². The largest absolute Gasteiger partial charge is 0.337 e. The maximum absolute atomic E-state index is 13.9. The maximum Gasteiger partial charge on any atom is 0.226 e. The van der Waals surface area contributed by atoms with E-state index in [-0.39, 0.29) is 42.0 Å². The molecule has 1 amide bonds. The fourth-order valence-electron chi connectivity index (χ4n) is 3.03. The standard InChI is InChI=1S/C15H18ClFN2O.ClH/c1-9-8-18-5-6-19(9)15(20)11-7-10(11)14-12(16)3-2-4-13(14)17;/h2-4,9-11,18H,5-8H2,1H3;1H. The summed E-state index contributed by atoms with van der Waals surface area (Å²) in [5.74, 6) is -0.322. The van der Waals surface area contributed by atoms with Crippen molar-refractivity contribution in [2.45, 2.75) is 25.3 Å². The Morgan fingerprint density at radius 3 is 2.90 bits per heavy atom. The third kappa shape index (κ3) is 3.17. The summed E-state index contributed by atoms with van der Waals surface area (Å²) in [5.41, 5.74) is 0.510. The number of hydrogen-bond acceptors (Lipinski definition) is 2. The summed E-state index contributed by atoms with van der Waals surface area (Å²) < 4.78 is 13.9. The number of halogens is 3. The lowest BCUT2D eigenvalue weighted by atomic mass is 10.1. The van der Waals surface area contributed by atoms with E-state index in [9.17, 15) is 9.18 Å². The van der Waals surface area contributed by atoms with Gasteiger partial charge in [0.05, 0.1) is 0 Å². The van der Waals surface area contributed by atoms with Gasteiger partial charge in [-0.15, -0.1) is 12.4 Å². The molecule has 6 heteroatoms. The van der Waals surface area contributed by atoms with Crippen molar-refractivity contribution in [3.63, 3.8) is 0 Å². The van der Waals surface area contributed by atoms with Crippen LogP contribution in [0.4, 0.5) is 4.39 Å². The Labute approximate surface area is 135 Å². The molecule has 3 atom stereocenters. The van der Waals surface area contributed by atoms with Gasteiger partial charge in [0.25, 0.3) is 0 Å². The number of piperazine rings is 1. The van der Waals surface area contributed by atoms with Gasteiger partial charge in [-0.3, -0.25) is 4.79 Å². The molecular formula is C15H19Cl2FN2O. The lowest BCUT2D eigenvalue weighted by Gasteiger charge is -2.34. The molecule has 1 saturated heterocycles. The van der Waals surface area contributed by atoms with Crippen LogP contribution < -0.4 is 5.32 Å². The van der Waals surface area contributed by atoms with Crippen LogP contribution >= 0.6 is 24.0 Å². The van der Waals surface area contributed by atoms with Crippen molar-refractivity contribution in [3.8, 4) is 0 Å². The van der Waals surface area contributed by atoms with Crippen molar-refractivity contribution >= 4 is 29.9 Å². The molecule has 2 aliphatic rings. The van der Waals surface area contributed by atoms with Crippen LogP contribution in [0.3, 0.4) is 0 Å². The lowest BCUT2D eigenvalue weighted by Crippen LogP contribution is -2.52. The highest BCUT2D eigenvalue weighted by atomic mass is 35.5. The molecular weight excluding hydrogens is 314 g/mol. The number of nitrogens with zero attached hydrogens (tertiary/aromatic N) is 1. The van der Waals surface area contributed by atoms with E-state index >= 15 is 0 Å². The number of nitrogens with one attached hydrogen (secondary N) is 1. The molecule has 0 spiro atoms. The highest BCUT2D eigenvalue weighted by Gasteiger charge is 2.48.